The molecule has 2 unspecified atom stereocenters. The summed E-state index contributed by atoms with van der Waals surface area (Å²) in [5, 5.41) is 0. The fourth-order valence-electron chi connectivity index (χ4n) is 4.64. The van der Waals surface area contributed by atoms with Crippen LogP contribution in [0.15, 0.2) is 0 Å². The smallest absolute Gasteiger partial charge is 0.141 e. The second kappa shape index (κ2) is 5.55. The number of ketones is 1. The molecule has 0 spiro atoms. The van der Waals surface area contributed by atoms with Crippen molar-refractivity contribution in [3.63, 3.8) is 0 Å². The molecule has 2 aliphatic carbocycles. The van der Waals surface area contributed by atoms with E-state index in [1.807, 2.05) is 0 Å². The maximum absolute atomic E-state index is 12.7. The molecule has 19 heavy (non-hydrogen) atoms. The molecule has 3 rings (SSSR count). The summed E-state index contributed by atoms with van der Waals surface area (Å²) in [6.07, 6.45) is 8.58. The largest absolute Gasteiger partial charge is 0.377 e. The van der Waals surface area contributed by atoms with Gasteiger partial charge < -0.3 is 4.74 Å². The van der Waals surface area contributed by atoms with Crippen LogP contribution in [0.5, 0.6) is 0 Å². The predicted octanol–water partition coefficient (Wildman–Crippen LogP) is 3.83. The monoisotopic (exact) mass is 264 g/mol. The van der Waals surface area contributed by atoms with Crippen molar-refractivity contribution in [1.82, 2.24) is 0 Å². The fourth-order valence-corrected chi connectivity index (χ4v) is 4.64. The SMILES string of the molecule is CC(C)C1CCC(C(=O)C2CC[C@@H]3CCOC23)CC1. The molecule has 108 valence electrons. The van der Waals surface area contributed by atoms with E-state index in [1.165, 1.54) is 25.7 Å². The molecule has 0 N–H and O–H groups in total. The van der Waals surface area contributed by atoms with Crippen LogP contribution in [0.4, 0.5) is 0 Å². The molecule has 0 aromatic heterocycles. The quantitative estimate of drug-likeness (QED) is 0.774. The van der Waals surface area contributed by atoms with Crippen molar-refractivity contribution in [2.45, 2.75) is 64.9 Å². The lowest BCUT2D eigenvalue weighted by Crippen LogP contribution is -2.33. The Morgan fingerprint density at radius 3 is 2.42 bits per heavy atom. The van der Waals surface area contributed by atoms with Crippen molar-refractivity contribution in [3.8, 4) is 0 Å². The van der Waals surface area contributed by atoms with Crippen LogP contribution in [-0.4, -0.2) is 18.5 Å². The average molecular weight is 264 g/mol. The highest BCUT2D eigenvalue weighted by atomic mass is 16.5. The van der Waals surface area contributed by atoms with Gasteiger partial charge in [0.25, 0.3) is 0 Å². The Labute approximate surface area is 117 Å². The van der Waals surface area contributed by atoms with E-state index in [0.717, 1.165) is 37.7 Å². The van der Waals surface area contributed by atoms with Gasteiger partial charge in [-0.1, -0.05) is 13.8 Å². The van der Waals surface area contributed by atoms with E-state index in [0.29, 0.717) is 17.6 Å². The van der Waals surface area contributed by atoms with E-state index in [-0.39, 0.29) is 12.0 Å². The molecule has 0 aromatic carbocycles. The Bertz CT molecular complexity index is 328. The number of hydrogen-bond acceptors (Lipinski definition) is 2. The van der Waals surface area contributed by atoms with Crippen LogP contribution in [0.25, 0.3) is 0 Å². The summed E-state index contributed by atoms with van der Waals surface area (Å²) in [6, 6.07) is 0. The number of carbonyl (C=O) groups is 1. The van der Waals surface area contributed by atoms with Crippen molar-refractivity contribution in [2.24, 2.45) is 29.6 Å². The van der Waals surface area contributed by atoms with Crippen molar-refractivity contribution >= 4 is 5.78 Å². The van der Waals surface area contributed by atoms with Gasteiger partial charge in [0, 0.05) is 18.4 Å². The Morgan fingerprint density at radius 1 is 1.00 bits per heavy atom. The summed E-state index contributed by atoms with van der Waals surface area (Å²) in [5.41, 5.74) is 0. The van der Waals surface area contributed by atoms with Gasteiger partial charge in [0.2, 0.25) is 0 Å². The molecule has 0 bridgehead atoms. The molecular weight excluding hydrogens is 236 g/mol. The minimum atomic E-state index is 0.244. The van der Waals surface area contributed by atoms with E-state index >= 15 is 0 Å². The first-order valence-electron chi connectivity index (χ1n) is 8.32. The summed E-state index contributed by atoms with van der Waals surface area (Å²) < 4.78 is 5.84. The van der Waals surface area contributed by atoms with Crippen LogP contribution in [0.2, 0.25) is 0 Å². The molecule has 0 radical (unpaired) electrons. The first-order valence-corrected chi connectivity index (χ1v) is 8.32. The molecule has 2 heteroatoms. The highest BCUT2D eigenvalue weighted by Gasteiger charge is 2.45. The Balaban J connectivity index is 1.57. The summed E-state index contributed by atoms with van der Waals surface area (Å²) in [5.74, 6) is 3.47. The molecule has 2 saturated carbocycles. The standard InChI is InChI=1S/C17H28O2/c1-11(2)12-3-5-13(6-4-12)16(18)15-8-7-14-9-10-19-17(14)15/h11-15,17H,3-10H2,1-2H3/t12?,13?,14-,15?,17?/m1/s1. The zero-order valence-corrected chi connectivity index (χ0v) is 12.4. The number of rotatable bonds is 3. The highest BCUT2D eigenvalue weighted by molar-refractivity contribution is 5.84. The lowest BCUT2D eigenvalue weighted by molar-refractivity contribution is -0.131. The van der Waals surface area contributed by atoms with Gasteiger partial charge in [-0.25, -0.2) is 0 Å². The second-order valence-corrected chi connectivity index (χ2v) is 7.33. The predicted molar refractivity (Wildman–Crippen MR) is 75.9 cm³/mol. The van der Waals surface area contributed by atoms with Crippen LogP contribution in [0, 0.1) is 29.6 Å². The molecule has 1 heterocycles. The third kappa shape index (κ3) is 2.61. The Hall–Kier alpha value is -0.370. The van der Waals surface area contributed by atoms with Crippen LogP contribution < -0.4 is 0 Å². The van der Waals surface area contributed by atoms with Crippen LogP contribution in [0.3, 0.4) is 0 Å². The average Bonchev–Trinajstić information content (AvgIpc) is 3.00. The second-order valence-electron chi connectivity index (χ2n) is 7.33. The molecule has 0 aromatic rings. The van der Waals surface area contributed by atoms with Gasteiger partial charge in [0.15, 0.2) is 0 Å². The van der Waals surface area contributed by atoms with Crippen molar-refractivity contribution < 1.29 is 9.53 Å². The number of Topliss-reactive ketones (excluding diaryl/α,β-unsaturated/α-hetero) is 1. The molecule has 1 aliphatic heterocycles. The van der Waals surface area contributed by atoms with Crippen LogP contribution in [0.1, 0.15) is 58.8 Å². The zero-order valence-electron chi connectivity index (χ0n) is 12.4. The topological polar surface area (TPSA) is 26.3 Å². The highest BCUT2D eigenvalue weighted by Crippen LogP contribution is 2.43. The lowest BCUT2D eigenvalue weighted by Gasteiger charge is -2.32. The van der Waals surface area contributed by atoms with E-state index in [2.05, 4.69) is 13.8 Å². The normalized spacial score (nSPS) is 42.6. The van der Waals surface area contributed by atoms with Gasteiger partial charge >= 0.3 is 0 Å². The van der Waals surface area contributed by atoms with Crippen LogP contribution >= 0.6 is 0 Å². The van der Waals surface area contributed by atoms with Gasteiger partial charge in [-0.15, -0.1) is 0 Å². The van der Waals surface area contributed by atoms with E-state index in [9.17, 15) is 4.79 Å². The third-order valence-electron chi connectivity index (χ3n) is 5.99. The number of hydrogen-bond donors (Lipinski definition) is 0. The molecule has 3 fully saturated rings. The summed E-state index contributed by atoms with van der Waals surface area (Å²) in [4.78, 5) is 12.7. The molecule has 3 aliphatic rings. The summed E-state index contributed by atoms with van der Waals surface area (Å²) in [6.45, 7) is 5.53. The zero-order chi connectivity index (χ0) is 13.4. The molecule has 1 saturated heterocycles. The number of ether oxygens (including phenoxy) is 1. The third-order valence-corrected chi connectivity index (χ3v) is 5.99. The van der Waals surface area contributed by atoms with Crippen molar-refractivity contribution in [2.75, 3.05) is 6.61 Å². The minimum Gasteiger partial charge on any atom is -0.377 e. The molecule has 3 atom stereocenters. The van der Waals surface area contributed by atoms with E-state index in [4.69, 9.17) is 4.74 Å². The van der Waals surface area contributed by atoms with Gasteiger partial charge in [-0.05, 0) is 62.7 Å². The Morgan fingerprint density at radius 2 is 1.74 bits per heavy atom. The van der Waals surface area contributed by atoms with E-state index < -0.39 is 0 Å². The van der Waals surface area contributed by atoms with Gasteiger partial charge in [-0.2, -0.15) is 0 Å². The van der Waals surface area contributed by atoms with Crippen molar-refractivity contribution in [1.29, 1.82) is 0 Å². The first kappa shape index (κ1) is 13.6. The summed E-state index contributed by atoms with van der Waals surface area (Å²) >= 11 is 0. The molecule has 2 nitrogen and oxygen atoms in total. The maximum Gasteiger partial charge on any atom is 0.141 e. The minimum absolute atomic E-state index is 0.244. The molecular formula is C17H28O2. The Kier molecular flexibility index (Phi) is 3.98. The van der Waals surface area contributed by atoms with Crippen molar-refractivity contribution in [3.05, 3.63) is 0 Å². The maximum atomic E-state index is 12.7. The van der Waals surface area contributed by atoms with Gasteiger partial charge in [-0.3, -0.25) is 4.79 Å². The van der Waals surface area contributed by atoms with Gasteiger partial charge in [0.05, 0.1) is 6.10 Å². The molecule has 0 amide bonds. The lowest BCUT2D eigenvalue weighted by atomic mass is 9.73. The number of fused-ring (bicyclic) bond motifs is 1. The fraction of sp³-hybridized carbons (Fsp3) is 0.941. The number of carbonyl (C=O) groups excluding carboxylic acids is 1. The van der Waals surface area contributed by atoms with Gasteiger partial charge in [0.1, 0.15) is 5.78 Å². The first-order chi connectivity index (χ1) is 9.16. The van der Waals surface area contributed by atoms with E-state index in [1.54, 1.807) is 0 Å². The van der Waals surface area contributed by atoms with Crippen LogP contribution in [-0.2, 0) is 9.53 Å². The summed E-state index contributed by atoms with van der Waals surface area (Å²) in [7, 11) is 0.